The second kappa shape index (κ2) is 7.85. The number of benzene rings is 1. The van der Waals surface area contributed by atoms with E-state index in [1.54, 1.807) is 11.8 Å². The van der Waals surface area contributed by atoms with Gasteiger partial charge < -0.3 is 15.2 Å². The SMILES string of the molecule is CC(SCC(=O)N1CCNCC1)c1nc2ccccc2[nH]1.Cl. The number of imidazole rings is 1. The zero-order valence-corrected chi connectivity index (χ0v) is 14.2. The van der Waals surface area contributed by atoms with Gasteiger partial charge in [-0.05, 0) is 19.1 Å². The molecule has 120 valence electrons. The predicted molar refractivity (Wildman–Crippen MR) is 93.7 cm³/mol. The van der Waals surface area contributed by atoms with Crippen LogP contribution in [0.15, 0.2) is 24.3 Å². The van der Waals surface area contributed by atoms with Crippen LogP contribution in [0.2, 0.25) is 0 Å². The number of carbonyl (C=O) groups is 1. The maximum atomic E-state index is 12.2. The van der Waals surface area contributed by atoms with Crippen molar-refractivity contribution < 1.29 is 4.79 Å². The molecule has 0 bridgehead atoms. The minimum Gasteiger partial charge on any atom is -0.341 e. The van der Waals surface area contributed by atoms with Gasteiger partial charge in [-0.3, -0.25) is 4.79 Å². The highest BCUT2D eigenvalue weighted by Crippen LogP contribution is 2.27. The van der Waals surface area contributed by atoms with Crippen LogP contribution >= 0.6 is 24.2 Å². The molecule has 5 nitrogen and oxygen atoms in total. The zero-order chi connectivity index (χ0) is 14.7. The molecule has 22 heavy (non-hydrogen) atoms. The lowest BCUT2D eigenvalue weighted by molar-refractivity contribution is -0.128. The molecule has 1 fully saturated rings. The van der Waals surface area contributed by atoms with Crippen molar-refractivity contribution in [1.29, 1.82) is 0 Å². The Hall–Kier alpha value is -1.24. The molecule has 1 aromatic carbocycles. The van der Waals surface area contributed by atoms with E-state index in [1.165, 1.54) is 0 Å². The van der Waals surface area contributed by atoms with Crippen LogP contribution in [-0.4, -0.2) is 52.7 Å². The lowest BCUT2D eigenvalue weighted by atomic mass is 10.3. The summed E-state index contributed by atoms with van der Waals surface area (Å²) in [7, 11) is 0. The third-order valence-corrected chi connectivity index (χ3v) is 4.86. The van der Waals surface area contributed by atoms with Crippen LogP contribution < -0.4 is 5.32 Å². The first-order chi connectivity index (χ1) is 10.2. The van der Waals surface area contributed by atoms with Gasteiger partial charge in [-0.15, -0.1) is 24.2 Å². The maximum Gasteiger partial charge on any atom is 0.232 e. The van der Waals surface area contributed by atoms with Crippen LogP contribution in [0.25, 0.3) is 11.0 Å². The molecule has 0 spiro atoms. The van der Waals surface area contributed by atoms with Crippen LogP contribution in [0.5, 0.6) is 0 Å². The number of hydrogen-bond acceptors (Lipinski definition) is 4. The summed E-state index contributed by atoms with van der Waals surface area (Å²) in [6.45, 7) is 5.52. The summed E-state index contributed by atoms with van der Waals surface area (Å²) >= 11 is 1.64. The van der Waals surface area contributed by atoms with Crippen molar-refractivity contribution in [3.63, 3.8) is 0 Å². The van der Waals surface area contributed by atoms with E-state index in [9.17, 15) is 4.79 Å². The largest absolute Gasteiger partial charge is 0.341 e. The third-order valence-electron chi connectivity index (χ3n) is 3.72. The van der Waals surface area contributed by atoms with E-state index >= 15 is 0 Å². The highest BCUT2D eigenvalue weighted by Gasteiger charge is 2.18. The number of nitrogens with one attached hydrogen (secondary N) is 2. The first kappa shape index (κ1) is 17.1. The predicted octanol–water partition coefficient (Wildman–Crippen LogP) is 2.21. The first-order valence-electron chi connectivity index (χ1n) is 7.29. The van der Waals surface area contributed by atoms with E-state index in [0.717, 1.165) is 43.0 Å². The quantitative estimate of drug-likeness (QED) is 0.896. The van der Waals surface area contributed by atoms with Gasteiger partial charge in [0.05, 0.1) is 22.0 Å². The smallest absolute Gasteiger partial charge is 0.232 e. The molecule has 1 aliphatic rings. The fourth-order valence-corrected chi connectivity index (χ4v) is 3.29. The molecule has 1 saturated heterocycles. The molecule has 1 amide bonds. The summed E-state index contributed by atoms with van der Waals surface area (Å²) in [5.41, 5.74) is 2.03. The number of para-hydroxylation sites is 2. The molecule has 1 atom stereocenters. The number of piperazine rings is 1. The number of thioether (sulfide) groups is 1. The Morgan fingerprint density at radius 1 is 1.36 bits per heavy atom. The lowest BCUT2D eigenvalue weighted by Crippen LogP contribution is -2.47. The van der Waals surface area contributed by atoms with E-state index in [-0.39, 0.29) is 23.6 Å². The standard InChI is InChI=1S/C15H20N4OS.ClH/c1-11(15-17-12-4-2-3-5-13(12)18-15)21-10-14(20)19-8-6-16-7-9-19;/h2-5,11,16H,6-10H2,1H3,(H,17,18);1H. The van der Waals surface area contributed by atoms with E-state index in [2.05, 4.69) is 22.2 Å². The highest BCUT2D eigenvalue weighted by atomic mass is 35.5. The second-order valence-electron chi connectivity index (χ2n) is 5.22. The fourth-order valence-electron chi connectivity index (χ4n) is 2.45. The summed E-state index contributed by atoms with van der Waals surface area (Å²) in [4.78, 5) is 22.0. The topological polar surface area (TPSA) is 61.0 Å². The number of fused-ring (bicyclic) bond motifs is 1. The van der Waals surface area contributed by atoms with Crippen molar-refractivity contribution >= 4 is 41.1 Å². The van der Waals surface area contributed by atoms with E-state index in [0.29, 0.717) is 5.75 Å². The molecule has 0 saturated carbocycles. The number of H-pyrrole nitrogens is 1. The van der Waals surface area contributed by atoms with Crippen LogP contribution in [0.3, 0.4) is 0 Å². The van der Waals surface area contributed by atoms with Crippen LogP contribution in [0.1, 0.15) is 18.0 Å². The molecule has 1 unspecified atom stereocenters. The Morgan fingerprint density at radius 2 is 2.09 bits per heavy atom. The van der Waals surface area contributed by atoms with Crippen molar-refractivity contribution in [2.45, 2.75) is 12.2 Å². The number of halogens is 1. The Bertz CT molecular complexity index is 594. The van der Waals surface area contributed by atoms with Gasteiger partial charge in [0.15, 0.2) is 0 Å². The van der Waals surface area contributed by atoms with Gasteiger partial charge >= 0.3 is 0 Å². The number of rotatable bonds is 4. The summed E-state index contributed by atoms with van der Waals surface area (Å²) in [6.07, 6.45) is 0. The zero-order valence-electron chi connectivity index (χ0n) is 12.5. The molecule has 0 radical (unpaired) electrons. The van der Waals surface area contributed by atoms with Crippen LogP contribution in [0.4, 0.5) is 0 Å². The van der Waals surface area contributed by atoms with E-state index in [1.807, 2.05) is 29.2 Å². The fraction of sp³-hybridized carbons (Fsp3) is 0.467. The molecule has 2 N–H and O–H groups in total. The van der Waals surface area contributed by atoms with Gasteiger partial charge in [0.25, 0.3) is 0 Å². The molecule has 1 aromatic heterocycles. The normalized spacial score (nSPS) is 16.3. The van der Waals surface area contributed by atoms with Crippen molar-refractivity contribution in [2.24, 2.45) is 0 Å². The van der Waals surface area contributed by atoms with Gasteiger partial charge in [0.2, 0.25) is 5.91 Å². The summed E-state index contributed by atoms with van der Waals surface area (Å²) in [6, 6.07) is 8.00. The number of aromatic amines is 1. The van der Waals surface area contributed by atoms with Gasteiger partial charge in [0.1, 0.15) is 5.82 Å². The molecule has 2 heterocycles. The summed E-state index contributed by atoms with van der Waals surface area (Å²) in [5.74, 6) is 1.68. The second-order valence-corrected chi connectivity index (χ2v) is 6.55. The van der Waals surface area contributed by atoms with Gasteiger partial charge in [-0.1, -0.05) is 12.1 Å². The molecule has 2 aromatic rings. The van der Waals surface area contributed by atoms with Gasteiger partial charge in [0, 0.05) is 26.2 Å². The van der Waals surface area contributed by atoms with Crippen molar-refractivity contribution in [2.75, 3.05) is 31.9 Å². The average Bonchev–Trinajstić information content (AvgIpc) is 2.97. The molecule has 1 aliphatic heterocycles. The number of hydrogen-bond donors (Lipinski definition) is 2. The maximum absolute atomic E-state index is 12.2. The van der Waals surface area contributed by atoms with Crippen molar-refractivity contribution in [3.05, 3.63) is 30.1 Å². The van der Waals surface area contributed by atoms with Crippen molar-refractivity contribution in [3.8, 4) is 0 Å². The van der Waals surface area contributed by atoms with Gasteiger partial charge in [-0.25, -0.2) is 4.98 Å². The molecule has 3 rings (SSSR count). The average molecular weight is 341 g/mol. The Balaban J connectivity index is 0.00000176. The lowest BCUT2D eigenvalue weighted by Gasteiger charge is -2.27. The van der Waals surface area contributed by atoms with Crippen LogP contribution in [-0.2, 0) is 4.79 Å². The monoisotopic (exact) mass is 340 g/mol. The Kier molecular flexibility index (Phi) is 6.11. The minimum atomic E-state index is 0. The number of nitrogens with zero attached hydrogens (tertiary/aromatic N) is 2. The van der Waals surface area contributed by atoms with Crippen molar-refractivity contribution in [1.82, 2.24) is 20.2 Å². The van der Waals surface area contributed by atoms with Gasteiger partial charge in [-0.2, -0.15) is 0 Å². The number of carbonyl (C=O) groups excluding carboxylic acids is 1. The van der Waals surface area contributed by atoms with E-state index < -0.39 is 0 Å². The molecule has 0 aliphatic carbocycles. The van der Waals surface area contributed by atoms with E-state index in [4.69, 9.17) is 0 Å². The minimum absolute atomic E-state index is 0. The summed E-state index contributed by atoms with van der Waals surface area (Å²) in [5, 5.41) is 3.44. The molecular weight excluding hydrogens is 320 g/mol. The number of amides is 1. The summed E-state index contributed by atoms with van der Waals surface area (Å²) < 4.78 is 0. The number of aromatic nitrogens is 2. The Labute approximate surface area is 140 Å². The van der Waals surface area contributed by atoms with Crippen LogP contribution in [0, 0.1) is 0 Å². The first-order valence-corrected chi connectivity index (χ1v) is 8.33. The molecule has 7 heteroatoms. The highest BCUT2D eigenvalue weighted by molar-refractivity contribution is 8.00. The molecular formula is C15H21ClN4OS. The Morgan fingerprint density at radius 3 is 2.82 bits per heavy atom. The third kappa shape index (κ3) is 3.94.